The SMILES string of the molecule is CC(C)(C)OC(=O)CN(CCBr)[C@@H](COCc1ccccc1)C(=O)O. The molecule has 6 nitrogen and oxygen atoms in total. The fourth-order valence-corrected chi connectivity index (χ4v) is 2.64. The van der Waals surface area contributed by atoms with Gasteiger partial charge in [-0.1, -0.05) is 46.3 Å². The lowest BCUT2D eigenvalue weighted by Crippen LogP contribution is -2.48. The van der Waals surface area contributed by atoms with Crippen LogP contribution in [0.4, 0.5) is 0 Å². The van der Waals surface area contributed by atoms with Crippen molar-refractivity contribution >= 4 is 27.9 Å². The number of carbonyl (C=O) groups excluding carboxylic acids is 1. The van der Waals surface area contributed by atoms with Crippen molar-refractivity contribution in [2.24, 2.45) is 0 Å². The number of nitrogens with zero attached hydrogens (tertiary/aromatic N) is 1. The first-order valence-corrected chi connectivity index (χ1v) is 9.21. The number of rotatable bonds is 10. The van der Waals surface area contributed by atoms with Gasteiger partial charge in [0.05, 0.1) is 19.8 Å². The Morgan fingerprint density at radius 1 is 1.24 bits per heavy atom. The standard InChI is InChI=1S/C18H26BrNO5/c1-18(2,3)25-16(21)11-20(10-9-19)15(17(22)23)13-24-12-14-7-5-4-6-8-14/h4-8,15H,9-13H2,1-3H3,(H,22,23)/t15-/m0/s1. The topological polar surface area (TPSA) is 76.1 Å². The van der Waals surface area contributed by atoms with Crippen molar-refractivity contribution in [1.82, 2.24) is 4.90 Å². The van der Waals surface area contributed by atoms with Crippen LogP contribution in [0.3, 0.4) is 0 Å². The molecule has 0 fully saturated rings. The van der Waals surface area contributed by atoms with E-state index in [2.05, 4.69) is 15.9 Å². The van der Waals surface area contributed by atoms with Crippen molar-refractivity contribution in [3.05, 3.63) is 35.9 Å². The maximum atomic E-state index is 12.1. The molecular weight excluding hydrogens is 390 g/mol. The molecule has 1 atom stereocenters. The maximum absolute atomic E-state index is 12.1. The average Bonchev–Trinajstić information content (AvgIpc) is 2.50. The molecule has 25 heavy (non-hydrogen) atoms. The summed E-state index contributed by atoms with van der Waals surface area (Å²) in [6.07, 6.45) is 0. The fraction of sp³-hybridized carbons (Fsp3) is 0.556. The number of carboxylic acid groups (broad SMARTS) is 1. The average molecular weight is 416 g/mol. The van der Waals surface area contributed by atoms with Gasteiger partial charge in [-0.25, -0.2) is 0 Å². The van der Waals surface area contributed by atoms with Crippen molar-refractivity contribution in [2.75, 3.05) is 25.0 Å². The van der Waals surface area contributed by atoms with Gasteiger partial charge in [0.15, 0.2) is 0 Å². The van der Waals surface area contributed by atoms with Gasteiger partial charge in [-0.05, 0) is 26.3 Å². The zero-order valence-corrected chi connectivity index (χ0v) is 16.5. The summed E-state index contributed by atoms with van der Waals surface area (Å²) in [5.74, 6) is -1.49. The highest BCUT2D eigenvalue weighted by Crippen LogP contribution is 2.10. The van der Waals surface area contributed by atoms with Crippen molar-refractivity contribution in [3.63, 3.8) is 0 Å². The largest absolute Gasteiger partial charge is 0.480 e. The Morgan fingerprint density at radius 2 is 1.88 bits per heavy atom. The number of carboxylic acids is 1. The molecule has 7 heteroatoms. The molecule has 0 aromatic heterocycles. The van der Waals surface area contributed by atoms with Crippen molar-refractivity contribution in [1.29, 1.82) is 0 Å². The minimum absolute atomic E-state index is 0.0139. The maximum Gasteiger partial charge on any atom is 0.323 e. The fourth-order valence-electron chi connectivity index (χ4n) is 2.19. The van der Waals surface area contributed by atoms with Crippen molar-refractivity contribution < 1.29 is 24.2 Å². The van der Waals surface area contributed by atoms with E-state index in [9.17, 15) is 14.7 Å². The van der Waals surface area contributed by atoms with Crippen LogP contribution >= 0.6 is 15.9 Å². The van der Waals surface area contributed by atoms with Gasteiger partial charge in [0, 0.05) is 11.9 Å². The number of aliphatic carboxylic acids is 1. The third kappa shape index (κ3) is 9.00. The number of hydrogen-bond donors (Lipinski definition) is 1. The zero-order chi connectivity index (χ0) is 18.9. The number of hydrogen-bond acceptors (Lipinski definition) is 5. The van der Waals surface area contributed by atoms with Crippen LogP contribution in [-0.2, 0) is 25.7 Å². The molecule has 0 spiro atoms. The Kier molecular flexibility index (Phi) is 9.10. The Balaban J connectivity index is 2.66. The molecule has 0 aliphatic heterocycles. The van der Waals surface area contributed by atoms with Gasteiger partial charge in [-0.3, -0.25) is 14.5 Å². The molecule has 0 aliphatic carbocycles. The molecule has 0 saturated heterocycles. The molecule has 0 unspecified atom stereocenters. The van der Waals surface area contributed by atoms with Crippen LogP contribution in [0.1, 0.15) is 26.3 Å². The molecule has 1 N–H and O–H groups in total. The Hall–Kier alpha value is -1.44. The van der Waals surface area contributed by atoms with Crippen LogP contribution < -0.4 is 0 Å². The monoisotopic (exact) mass is 415 g/mol. The van der Waals surface area contributed by atoms with E-state index in [4.69, 9.17) is 9.47 Å². The van der Waals surface area contributed by atoms with Crippen molar-refractivity contribution in [3.8, 4) is 0 Å². The lowest BCUT2D eigenvalue weighted by atomic mass is 10.2. The zero-order valence-electron chi connectivity index (χ0n) is 14.9. The summed E-state index contributed by atoms with van der Waals surface area (Å²) in [6.45, 7) is 5.92. The van der Waals surface area contributed by atoms with Gasteiger partial charge in [0.25, 0.3) is 0 Å². The molecule has 0 heterocycles. The van der Waals surface area contributed by atoms with Crippen LogP contribution in [0.15, 0.2) is 30.3 Å². The van der Waals surface area contributed by atoms with Gasteiger partial charge in [-0.15, -0.1) is 0 Å². The van der Waals surface area contributed by atoms with Gasteiger partial charge in [-0.2, -0.15) is 0 Å². The minimum atomic E-state index is -1.03. The van der Waals surface area contributed by atoms with Gasteiger partial charge in [0.1, 0.15) is 11.6 Å². The highest BCUT2D eigenvalue weighted by atomic mass is 79.9. The third-order valence-electron chi connectivity index (χ3n) is 3.24. The highest BCUT2D eigenvalue weighted by Gasteiger charge is 2.29. The predicted molar refractivity (Wildman–Crippen MR) is 98.7 cm³/mol. The first-order valence-electron chi connectivity index (χ1n) is 8.09. The van der Waals surface area contributed by atoms with E-state index in [1.54, 1.807) is 25.7 Å². The smallest absolute Gasteiger partial charge is 0.323 e. The molecule has 0 aliphatic rings. The minimum Gasteiger partial charge on any atom is -0.480 e. The number of ether oxygens (including phenoxy) is 2. The Bertz CT molecular complexity index is 544. The first-order chi connectivity index (χ1) is 11.7. The van der Waals surface area contributed by atoms with Crippen LogP contribution in [0.2, 0.25) is 0 Å². The van der Waals surface area contributed by atoms with Crippen molar-refractivity contribution in [2.45, 2.75) is 39.0 Å². The quantitative estimate of drug-likeness (QED) is 0.467. The van der Waals surface area contributed by atoms with E-state index in [0.29, 0.717) is 18.5 Å². The van der Waals surface area contributed by atoms with Gasteiger partial charge >= 0.3 is 11.9 Å². The van der Waals surface area contributed by atoms with Crippen LogP contribution in [0.25, 0.3) is 0 Å². The van der Waals surface area contributed by atoms with Crippen LogP contribution in [0.5, 0.6) is 0 Å². The molecule has 140 valence electrons. The highest BCUT2D eigenvalue weighted by molar-refractivity contribution is 9.09. The summed E-state index contributed by atoms with van der Waals surface area (Å²) in [5, 5.41) is 10.1. The molecule has 0 saturated carbocycles. The summed E-state index contributed by atoms with van der Waals surface area (Å²) < 4.78 is 10.9. The number of alkyl halides is 1. The van der Waals surface area contributed by atoms with Crippen LogP contribution in [0, 0.1) is 0 Å². The lowest BCUT2D eigenvalue weighted by molar-refractivity contribution is -0.159. The van der Waals surface area contributed by atoms with E-state index in [0.717, 1.165) is 5.56 Å². The summed E-state index contributed by atoms with van der Waals surface area (Å²) in [4.78, 5) is 25.2. The van der Waals surface area contributed by atoms with E-state index < -0.39 is 23.6 Å². The molecule has 1 rings (SSSR count). The van der Waals surface area contributed by atoms with E-state index in [1.165, 1.54) is 0 Å². The summed E-state index contributed by atoms with van der Waals surface area (Å²) in [7, 11) is 0. The first kappa shape index (κ1) is 21.6. The van der Waals surface area contributed by atoms with E-state index >= 15 is 0 Å². The second-order valence-corrected chi connectivity index (χ2v) is 7.39. The third-order valence-corrected chi connectivity index (χ3v) is 3.59. The van der Waals surface area contributed by atoms with E-state index in [1.807, 2.05) is 30.3 Å². The summed E-state index contributed by atoms with van der Waals surface area (Å²) in [6, 6.07) is 8.59. The van der Waals surface area contributed by atoms with E-state index in [-0.39, 0.29) is 13.2 Å². The molecule has 0 amide bonds. The summed E-state index contributed by atoms with van der Waals surface area (Å²) in [5.41, 5.74) is 0.352. The second kappa shape index (κ2) is 10.5. The summed E-state index contributed by atoms with van der Waals surface area (Å²) >= 11 is 3.30. The second-order valence-electron chi connectivity index (χ2n) is 6.60. The lowest BCUT2D eigenvalue weighted by Gasteiger charge is -2.29. The number of esters is 1. The van der Waals surface area contributed by atoms with Gasteiger partial charge < -0.3 is 14.6 Å². The molecule has 1 aromatic rings. The number of carbonyl (C=O) groups is 2. The molecule has 0 radical (unpaired) electrons. The van der Waals surface area contributed by atoms with Gasteiger partial charge in [0.2, 0.25) is 0 Å². The molecule has 0 bridgehead atoms. The molecular formula is C18H26BrNO5. The number of halogens is 1. The number of benzene rings is 1. The predicted octanol–water partition coefficient (Wildman–Crippen LogP) is 2.70. The Morgan fingerprint density at radius 3 is 2.40 bits per heavy atom. The Labute approximate surface area is 157 Å². The normalized spacial score (nSPS) is 12.8. The molecule has 1 aromatic carbocycles. The van der Waals surface area contributed by atoms with Crippen LogP contribution in [-0.4, -0.2) is 58.6 Å².